The van der Waals surface area contributed by atoms with E-state index in [9.17, 15) is 19.3 Å². The molecule has 0 atom stereocenters. The molecule has 0 bridgehead atoms. The van der Waals surface area contributed by atoms with E-state index in [0.29, 0.717) is 16.6 Å². The van der Waals surface area contributed by atoms with Crippen molar-refractivity contribution in [2.75, 3.05) is 5.32 Å². The number of amides is 1. The van der Waals surface area contributed by atoms with Crippen molar-refractivity contribution >= 4 is 39.1 Å². The Labute approximate surface area is 214 Å². The summed E-state index contributed by atoms with van der Waals surface area (Å²) in [5.74, 6) is -0.676. The number of halogens is 1. The SMILES string of the molecule is CC(C)(C)c1ccc(-n2ncc3c(NC(=O)c4ccc([N+](=O)[O-])s4)nc(-c4cccc(F)c4)nc32)cc1. The summed E-state index contributed by atoms with van der Waals surface area (Å²) in [5.41, 5.74) is 2.70. The number of rotatable bonds is 5. The lowest BCUT2D eigenvalue weighted by Crippen LogP contribution is -2.13. The molecule has 11 heteroatoms. The third-order valence-electron chi connectivity index (χ3n) is 5.72. The molecule has 1 amide bonds. The van der Waals surface area contributed by atoms with Crippen molar-refractivity contribution in [3.8, 4) is 17.1 Å². The fraction of sp³-hybridized carbons (Fsp3) is 0.154. The third kappa shape index (κ3) is 4.81. The lowest BCUT2D eigenvalue weighted by molar-refractivity contribution is -0.380. The highest BCUT2D eigenvalue weighted by molar-refractivity contribution is 7.17. The molecule has 0 aliphatic heterocycles. The van der Waals surface area contributed by atoms with E-state index in [0.717, 1.165) is 22.6 Å². The molecule has 9 nitrogen and oxygen atoms in total. The number of anilines is 1. The summed E-state index contributed by atoms with van der Waals surface area (Å²) in [7, 11) is 0. The van der Waals surface area contributed by atoms with Crippen molar-refractivity contribution in [1.82, 2.24) is 19.7 Å². The third-order valence-corrected chi connectivity index (χ3v) is 6.75. The maximum atomic E-state index is 14.0. The second-order valence-electron chi connectivity index (χ2n) is 9.35. The van der Waals surface area contributed by atoms with Gasteiger partial charge in [0.1, 0.15) is 11.6 Å². The molecule has 5 aromatic rings. The molecule has 0 aliphatic rings. The first kappa shape index (κ1) is 24.2. The van der Waals surface area contributed by atoms with E-state index in [4.69, 9.17) is 0 Å². The Morgan fingerprint density at radius 3 is 2.49 bits per heavy atom. The maximum Gasteiger partial charge on any atom is 0.324 e. The number of carbonyl (C=O) groups is 1. The van der Waals surface area contributed by atoms with Crippen molar-refractivity contribution in [1.29, 1.82) is 0 Å². The van der Waals surface area contributed by atoms with E-state index >= 15 is 0 Å². The zero-order valence-corrected chi connectivity index (χ0v) is 20.9. The van der Waals surface area contributed by atoms with Crippen molar-refractivity contribution in [2.45, 2.75) is 26.2 Å². The van der Waals surface area contributed by atoms with Gasteiger partial charge in [0, 0.05) is 11.6 Å². The van der Waals surface area contributed by atoms with Crippen LogP contribution in [0.5, 0.6) is 0 Å². The number of nitro groups is 1. The molecule has 1 N–H and O–H groups in total. The maximum absolute atomic E-state index is 14.0. The van der Waals surface area contributed by atoms with Crippen molar-refractivity contribution in [3.05, 3.63) is 93.2 Å². The summed E-state index contributed by atoms with van der Waals surface area (Å²) in [6, 6.07) is 16.4. The van der Waals surface area contributed by atoms with E-state index in [1.807, 2.05) is 24.3 Å². The molecule has 37 heavy (non-hydrogen) atoms. The Morgan fingerprint density at radius 2 is 1.84 bits per heavy atom. The molecule has 0 aliphatic carbocycles. The number of thiophene rings is 1. The van der Waals surface area contributed by atoms with E-state index in [-0.39, 0.29) is 26.9 Å². The molecule has 0 spiro atoms. The van der Waals surface area contributed by atoms with Crippen molar-refractivity contribution in [2.24, 2.45) is 0 Å². The summed E-state index contributed by atoms with van der Waals surface area (Å²) in [5, 5.41) is 18.5. The van der Waals surface area contributed by atoms with Crippen LogP contribution in [0.25, 0.3) is 28.1 Å². The standard InChI is InChI=1S/C26H21FN6O3S/c1-26(2,3)16-7-9-18(10-8-16)32-24-19(14-28-32)23(29-22(30-24)15-5-4-6-17(27)13-15)31-25(34)20-11-12-21(37-20)33(35)36/h4-14H,1-3H3,(H,29,30,31,34). The van der Waals surface area contributed by atoms with Crippen LogP contribution in [0.15, 0.2) is 66.9 Å². The van der Waals surface area contributed by atoms with Gasteiger partial charge in [-0.2, -0.15) is 5.10 Å². The van der Waals surface area contributed by atoms with E-state index in [2.05, 4.69) is 41.2 Å². The second-order valence-corrected chi connectivity index (χ2v) is 10.4. The fourth-order valence-electron chi connectivity index (χ4n) is 3.77. The number of carbonyl (C=O) groups excluding carboxylic acids is 1. The Kier molecular flexibility index (Phi) is 6.00. The minimum Gasteiger partial charge on any atom is -0.305 e. The van der Waals surface area contributed by atoms with E-state index in [1.54, 1.807) is 16.8 Å². The van der Waals surface area contributed by atoms with Gasteiger partial charge in [-0.1, -0.05) is 56.4 Å². The fourth-order valence-corrected chi connectivity index (χ4v) is 4.48. The minimum atomic E-state index is -0.564. The van der Waals surface area contributed by atoms with Crippen LogP contribution in [0.4, 0.5) is 15.2 Å². The quantitative estimate of drug-likeness (QED) is 0.222. The van der Waals surface area contributed by atoms with Gasteiger partial charge < -0.3 is 5.32 Å². The van der Waals surface area contributed by atoms with Crippen LogP contribution in [0, 0.1) is 15.9 Å². The highest BCUT2D eigenvalue weighted by atomic mass is 32.1. The van der Waals surface area contributed by atoms with Gasteiger partial charge >= 0.3 is 5.00 Å². The van der Waals surface area contributed by atoms with Gasteiger partial charge in [-0.25, -0.2) is 19.0 Å². The smallest absolute Gasteiger partial charge is 0.305 e. The zero-order chi connectivity index (χ0) is 26.3. The zero-order valence-electron chi connectivity index (χ0n) is 20.1. The Balaban J connectivity index is 1.62. The molecule has 0 fully saturated rings. The van der Waals surface area contributed by atoms with Crippen molar-refractivity contribution in [3.63, 3.8) is 0 Å². The molecular weight excluding hydrogens is 495 g/mol. The number of nitrogens with zero attached hydrogens (tertiary/aromatic N) is 5. The second kappa shape index (κ2) is 9.17. The molecular formula is C26H21FN6O3S. The van der Waals surface area contributed by atoms with Gasteiger partial charge in [-0.3, -0.25) is 14.9 Å². The predicted molar refractivity (Wildman–Crippen MR) is 140 cm³/mol. The molecule has 0 saturated heterocycles. The molecule has 5 rings (SSSR count). The predicted octanol–water partition coefficient (Wildman–Crippen LogP) is 6.14. The Hall–Kier alpha value is -4.51. The van der Waals surface area contributed by atoms with Crippen LogP contribution >= 0.6 is 11.3 Å². The van der Waals surface area contributed by atoms with Gasteiger partial charge in [0.05, 0.1) is 27.1 Å². The monoisotopic (exact) mass is 516 g/mol. The van der Waals surface area contributed by atoms with Gasteiger partial charge in [0.2, 0.25) is 0 Å². The summed E-state index contributed by atoms with van der Waals surface area (Å²) < 4.78 is 15.6. The number of hydrogen-bond donors (Lipinski definition) is 1. The number of hydrogen-bond acceptors (Lipinski definition) is 7. The van der Waals surface area contributed by atoms with Crippen LogP contribution in [-0.2, 0) is 5.41 Å². The minimum absolute atomic E-state index is 0.0221. The molecule has 0 radical (unpaired) electrons. The lowest BCUT2D eigenvalue weighted by Gasteiger charge is -2.19. The first-order valence-corrected chi connectivity index (χ1v) is 12.1. The number of benzene rings is 2. The average molecular weight is 517 g/mol. The first-order chi connectivity index (χ1) is 17.6. The molecule has 186 valence electrons. The molecule has 2 aromatic carbocycles. The highest BCUT2D eigenvalue weighted by Crippen LogP contribution is 2.30. The van der Waals surface area contributed by atoms with Crippen LogP contribution in [0.1, 0.15) is 36.0 Å². The first-order valence-electron chi connectivity index (χ1n) is 11.3. The molecule has 3 aromatic heterocycles. The number of aromatic nitrogens is 4. The average Bonchev–Trinajstić information content (AvgIpc) is 3.52. The van der Waals surface area contributed by atoms with Gasteiger partial charge in [-0.15, -0.1) is 0 Å². The molecule has 0 saturated carbocycles. The molecule has 3 heterocycles. The summed E-state index contributed by atoms with van der Waals surface area (Å²) in [4.78, 5) is 32.7. The number of fused-ring (bicyclic) bond motifs is 1. The van der Waals surface area contributed by atoms with Gasteiger partial charge in [0.15, 0.2) is 11.5 Å². The Bertz CT molecular complexity index is 1650. The number of nitrogens with one attached hydrogen (secondary N) is 1. The van der Waals surface area contributed by atoms with Crippen LogP contribution < -0.4 is 5.32 Å². The summed E-state index contributed by atoms with van der Waals surface area (Å²) >= 11 is 0.757. The van der Waals surface area contributed by atoms with Crippen LogP contribution in [0.3, 0.4) is 0 Å². The van der Waals surface area contributed by atoms with Crippen molar-refractivity contribution < 1.29 is 14.1 Å². The summed E-state index contributed by atoms with van der Waals surface area (Å²) in [6.45, 7) is 6.38. The van der Waals surface area contributed by atoms with E-state index in [1.165, 1.54) is 30.5 Å². The normalized spacial score (nSPS) is 11.6. The lowest BCUT2D eigenvalue weighted by atomic mass is 9.87. The van der Waals surface area contributed by atoms with Crippen LogP contribution in [0.2, 0.25) is 0 Å². The largest absolute Gasteiger partial charge is 0.324 e. The van der Waals surface area contributed by atoms with Gasteiger partial charge in [0.25, 0.3) is 5.91 Å². The highest BCUT2D eigenvalue weighted by Gasteiger charge is 2.21. The van der Waals surface area contributed by atoms with Crippen LogP contribution in [-0.4, -0.2) is 30.6 Å². The molecule has 0 unspecified atom stereocenters. The van der Waals surface area contributed by atoms with Gasteiger partial charge in [-0.05, 0) is 41.3 Å². The summed E-state index contributed by atoms with van der Waals surface area (Å²) in [6.07, 6.45) is 1.54. The van der Waals surface area contributed by atoms with E-state index < -0.39 is 16.6 Å². The topological polar surface area (TPSA) is 116 Å². The Morgan fingerprint density at radius 1 is 1.08 bits per heavy atom.